The van der Waals surface area contributed by atoms with Gasteiger partial charge in [0.05, 0.1) is 46.8 Å². The van der Waals surface area contributed by atoms with Gasteiger partial charge in [0.25, 0.3) is 0 Å². The molecule has 2 aromatic rings. The Kier molecular flexibility index (Phi) is 7.62. The first-order chi connectivity index (χ1) is 14.8. The molecule has 31 heavy (non-hydrogen) atoms. The fraction of sp³-hybridized carbons (Fsp3) is 0.500. The van der Waals surface area contributed by atoms with Crippen LogP contribution in [0, 0.1) is 0 Å². The van der Waals surface area contributed by atoms with Crippen molar-refractivity contribution >= 4 is 35.1 Å². The number of anilines is 1. The zero-order valence-corrected chi connectivity index (χ0v) is 19.7. The first-order valence-corrected chi connectivity index (χ1v) is 11.3. The molecule has 1 fully saturated rings. The number of amides is 1. The minimum Gasteiger partial charge on any atom is -0.465 e. The van der Waals surface area contributed by atoms with Gasteiger partial charge >= 0.3 is 6.09 Å². The van der Waals surface area contributed by atoms with Gasteiger partial charge in [0.1, 0.15) is 5.82 Å². The van der Waals surface area contributed by atoms with Gasteiger partial charge in [-0.1, -0.05) is 37.0 Å². The second kappa shape index (κ2) is 10.0. The highest BCUT2D eigenvalue weighted by molar-refractivity contribution is 6.36. The number of hydrogen-bond donors (Lipinski definition) is 2. The summed E-state index contributed by atoms with van der Waals surface area (Å²) in [6.45, 7) is 8.63. The molecule has 168 valence electrons. The van der Waals surface area contributed by atoms with Crippen LogP contribution in [0.3, 0.4) is 0 Å². The number of nitrogens with zero attached hydrogens (tertiary/aromatic N) is 3. The van der Waals surface area contributed by atoms with Gasteiger partial charge in [-0.2, -0.15) is 0 Å². The summed E-state index contributed by atoms with van der Waals surface area (Å²) in [6.07, 6.45) is 0.0973. The maximum absolute atomic E-state index is 11.6. The Morgan fingerprint density at radius 2 is 1.94 bits per heavy atom. The minimum atomic E-state index is -0.953. The first kappa shape index (κ1) is 23.6. The maximum atomic E-state index is 11.6. The average molecular weight is 467 g/mol. The van der Waals surface area contributed by atoms with E-state index in [0.717, 1.165) is 22.6 Å². The number of benzene rings is 1. The van der Waals surface area contributed by atoms with E-state index in [-0.39, 0.29) is 18.2 Å². The number of aromatic nitrogens is 2. The van der Waals surface area contributed by atoms with Gasteiger partial charge in [-0.15, -0.1) is 0 Å². The lowest BCUT2D eigenvalue weighted by atomic mass is 10.1. The number of carbonyl (C=O) groups is 1. The molecule has 1 aliphatic rings. The third-order valence-corrected chi connectivity index (χ3v) is 6.16. The zero-order valence-electron chi connectivity index (χ0n) is 18.2. The zero-order chi connectivity index (χ0) is 22.7. The van der Waals surface area contributed by atoms with Gasteiger partial charge in [-0.3, -0.25) is 0 Å². The summed E-state index contributed by atoms with van der Waals surface area (Å²) in [5, 5.41) is 14.1. The standard InChI is InChI=1S/C22H28Cl2N4O3/c1-5-16-20(14-9-8-13(23)10-15(14)24)25-17(6-2)21(26-16)27-19-12(4)28(22(29)30)11-18(19)31-7-3/h8-10,12,18-19H,5-7,11H2,1-4H3,(H,26,27)(H,29,30)/t12?,18-,19+/m0/s1. The van der Waals surface area contributed by atoms with E-state index in [0.29, 0.717) is 41.9 Å². The lowest BCUT2D eigenvalue weighted by molar-refractivity contribution is 0.0627. The van der Waals surface area contributed by atoms with E-state index in [1.807, 2.05) is 33.8 Å². The van der Waals surface area contributed by atoms with Gasteiger partial charge in [-0.25, -0.2) is 14.8 Å². The largest absolute Gasteiger partial charge is 0.465 e. The summed E-state index contributed by atoms with van der Waals surface area (Å²) in [5.74, 6) is 0.655. The molecule has 1 aromatic carbocycles. The number of halogens is 2. The number of carboxylic acid groups (broad SMARTS) is 1. The second-order valence-corrected chi connectivity index (χ2v) is 8.33. The summed E-state index contributed by atoms with van der Waals surface area (Å²) >= 11 is 12.5. The molecule has 0 bridgehead atoms. The number of rotatable bonds is 7. The molecule has 1 aromatic heterocycles. The highest BCUT2D eigenvalue weighted by Gasteiger charge is 2.42. The SMILES string of the molecule is CCO[C@H]1CN(C(=O)O)C(C)[C@H]1Nc1nc(CC)c(-c2ccc(Cl)cc2Cl)nc1CC. The molecule has 2 heterocycles. The second-order valence-electron chi connectivity index (χ2n) is 7.48. The molecule has 0 radical (unpaired) electrons. The fourth-order valence-electron chi connectivity index (χ4n) is 3.98. The molecule has 1 amide bonds. The summed E-state index contributed by atoms with van der Waals surface area (Å²) in [4.78, 5) is 22.8. The van der Waals surface area contributed by atoms with E-state index in [2.05, 4.69) is 5.32 Å². The van der Waals surface area contributed by atoms with Crippen molar-refractivity contribution in [3.63, 3.8) is 0 Å². The van der Waals surface area contributed by atoms with Gasteiger partial charge in [0.15, 0.2) is 0 Å². The van der Waals surface area contributed by atoms with Crippen molar-refractivity contribution in [2.75, 3.05) is 18.5 Å². The molecule has 3 rings (SSSR count). The number of ether oxygens (including phenoxy) is 1. The van der Waals surface area contributed by atoms with E-state index in [4.69, 9.17) is 37.9 Å². The van der Waals surface area contributed by atoms with Gasteiger partial charge < -0.3 is 20.1 Å². The Labute approximate surface area is 192 Å². The van der Waals surface area contributed by atoms with E-state index < -0.39 is 6.09 Å². The van der Waals surface area contributed by atoms with E-state index in [1.54, 1.807) is 12.1 Å². The molecule has 1 unspecified atom stereocenters. The van der Waals surface area contributed by atoms with E-state index in [1.165, 1.54) is 4.90 Å². The first-order valence-electron chi connectivity index (χ1n) is 10.5. The summed E-state index contributed by atoms with van der Waals surface area (Å²) in [7, 11) is 0. The van der Waals surface area contributed by atoms with Crippen molar-refractivity contribution in [3.05, 3.63) is 39.6 Å². The van der Waals surface area contributed by atoms with Crippen molar-refractivity contribution in [2.24, 2.45) is 0 Å². The molecule has 1 saturated heterocycles. The third kappa shape index (κ3) is 4.89. The van der Waals surface area contributed by atoms with Crippen molar-refractivity contribution < 1.29 is 14.6 Å². The molecular weight excluding hydrogens is 439 g/mol. The molecular formula is C22H28Cl2N4O3. The number of aryl methyl sites for hydroxylation is 2. The van der Waals surface area contributed by atoms with Crippen LogP contribution in [0.2, 0.25) is 10.0 Å². The smallest absolute Gasteiger partial charge is 0.407 e. The van der Waals surface area contributed by atoms with Crippen molar-refractivity contribution in [1.29, 1.82) is 0 Å². The highest BCUT2D eigenvalue weighted by atomic mass is 35.5. The monoisotopic (exact) mass is 466 g/mol. The maximum Gasteiger partial charge on any atom is 0.407 e. The predicted octanol–water partition coefficient (Wildman–Crippen LogP) is 5.14. The van der Waals surface area contributed by atoms with Crippen LogP contribution in [-0.2, 0) is 17.6 Å². The fourth-order valence-corrected chi connectivity index (χ4v) is 4.48. The normalized spacial score (nSPS) is 20.8. The van der Waals surface area contributed by atoms with Gasteiger partial charge in [0.2, 0.25) is 0 Å². The lowest BCUT2D eigenvalue weighted by Gasteiger charge is -2.26. The molecule has 0 spiro atoms. The van der Waals surface area contributed by atoms with Crippen LogP contribution >= 0.6 is 23.2 Å². The Bertz CT molecular complexity index is 957. The summed E-state index contributed by atoms with van der Waals surface area (Å²) < 4.78 is 5.84. The van der Waals surface area contributed by atoms with E-state index in [9.17, 15) is 9.90 Å². The van der Waals surface area contributed by atoms with Crippen LogP contribution in [0.25, 0.3) is 11.3 Å². The molecule has 9 heteroatoms. The van der Waals surface area contributed by atoms with Crippen molar-refractivity contribution in [1.82, 2.24) is 14.9 Å². The highest BCUT2D eigenvalue weighted by Crippen LogP contribution is 2.33. The van der Waals surface area contributed by atoms with Gasteiger partial charge in [0, 0.05) is 17.2 Å². The van der Waals surface area contributed by atoms with Crippen LogP contribution in [-0.4, -0.2) is 57.4 Å². The molecule has 2 N–H and O–H groups in total. The van der Waals surface area contributed by atoms with E-state index >= 15 is 0 Å². The molecule has 1 aliphatic heterocycles. The number of likely N-dealkylation sites (tertiary alicyclic amines) is 1. The lowest BCUT2D eigenvalue weighted by Crippen LogP contribution is -2.41. The van der Waals surface area contributed by atoms with Crippen molar-refractivity contribution in [2.45, 2.75) is 58.7 Å². The molecule has 3 atom stereocenters. The van der Waals surface area contributed by atoms with Crippen LogP contribution < -0.4 is 5.32 Å². The Balaban J connectivity index is 2.00. The Morgan fingerprint density at radius 3 is 2.52 bits per heavy atom. The topological polar surface area (TPSA) is 87.6 Å². The van der Waals surface area contributed by atoms with Crippen LogP contribution in [0.15, 0.2) is 18.2 Å². The van der Waals surface area contributed by atoms with Crippen LogP contribution in [0.1, 0.15) is 39.1 Å². The van der Waals surface area contributed by atoms with Crippen LogP contribution in [0.5, 0.6) is 0 Å². The third-order valence-electron chi connectivity index (χ3n) is 5.61. The minimum absolute atomic E-state index is 0.231. The Hall–Kier alpha value is -2.09. The summed E-state index contributed by atoms with van der Waals surface area (Å²) in [5.41, 5.74) is 3.11. The molecule has 0 saturated carbocycles. The molecule has 0 aliphatic carbocycles. The summed E-state index contributed by atoms with van der Waals surface area (Å²) in [6, 6.07) is 4.84. The number of hydrogen-bond acceptors (Lipinski definition) is 5. The Morgan fingerprint density at radius 1 is 1.23 bits per heavy atom. The number of nitrogens with one attached hydrogen (secondary N) is 1. The molecule has 7 nitrogen and oxygen atoms in total. The predicted molar refractivity (Wildman–Crippen MR) is 123 cm³/mol. The van der Waals surface area contributed by atoms with Crippen molar-refractivity contribution in [3.8, 4) is 11.3 Å². The quantitative estimate of drug-likeness (QED) is 0.586. The average Bonchev–Trinajstić information content (AvgIpc) is 3.04. The van der Waals surface area contributed by atoms with Crippen LogP contribution in [0.4, 0.5) is 10.6 Å². The van der Waals surface area contributed by atoms with Gasteiger partial charge in [-0.05, 0) is 44.9 Å².